The number of piperidine rings is 1. The summed E-state index contributed by atoms with van der Waals surface area (Å²) < 4.78 is 1.44. The molecular formula is C10H17Cl2N3O2. The summed E-state index contributed by atoms with van der Waals surface area (Å²) in [4.78, 5) is 10.8. The maximum Gasteiger partial charge on any atom is 0.354 e. The maximum absolute atomic E-state index is 10.8. The fourth-order valence-electron chi connectivity index (χ4n) is 2.01. The van der Waals surface area contributed by atoms with Gasteiger partial charge in [-0.05, 0) is 32.0 Å². The minimum atomic E-state index is -0.912. The van der Waals surface area contributed by atoms with Gasteiger partial charge in [0.05, 0.1) is 5.69 Å². The average molecular weight is 282 g/mol. The Labute approximate surface area is 112 Å². The Morgan fingerprint density at radius 1 is 1.47 bits per heavy atom. The second-order valence-corrected chi connectivity index (χ2v) is 3.91. The first-order chi connectivity index (χ1) is 7.18. The molecule has 1 aromatic heterocycles. The number of carboxylic acids is 1. The highest BCUT2D eigenvalue weighted by Crippen LogP contribution is 2.24. The smallest absolute Gasteiger partial charge is 0.354 e. The van der Waals surface area contributed by atoms with Gasteiger partial charge in [0.15, 0.2) is 0 Å². The van der Waals surface area contributed by atoms with Crippen LogP contribution in [0, 0.1) is 0 Å². The number of carbonyl (C=O) groups is 1. The van der Waals surface area contributed by atoms with Crippen LogP contribution in [-0.2, 0) is 7.05 Å². The van der Waals surface area contributed by atoms with Crippen molar-refractivity contribution in [2.45, 2.75) is 18.8 Å². The van der Waals surface area contributed by atoms with Gasteiger partial charge in [-0.15, -0.1) is 24.8 Å². The molecule has 0 amide bonds. The first-order valence-electron chi connectivity index (χ1n) is 5.16. The lowest BCUT2D eigenvalue weighted by atomic mass is 9.95. The Morgan fingerprint density at radius 2 is 2.06 bits per heavy atom. The Balaban J connectivity index is 0.00000128. The van der Waals surface area contributed by atoms with Gasteiger partial charge in [-0.2, -0.15) is 5.10 Å². The van der Waals surface area contributed by atoms with Crippen LogP contribution in [0.25, 0.3) is 0 Å². The van der Waals surface area contributed by atoms with Crippen LogP contribution in [0.15, 0.2) is 6.07 Å². The van der Waals surface area contributed by atoms with Crippen LogP contribution in [0.5, 0.6) is 0 Å². The molecule has 1 aromatic rings. The van der Waals surface area contributed by atoms with Crippen LogP contribution >= 0.6 is 24.8 Å². The lowest BCUT2D eigenvalue weighted by molar-refractivity contribution is 0.0685. The minimum Gasteiger partial charge on any atom is -0.477 e. The normalized spacial score (nSPS) is 15.8. The van der Waals surface area contributed by atoms with Gasteiger partial charge in [-0.1, -0.05) is 0 Å². The monoisotopic (exact) mass is 281 g/mol. The molecule has 0 atom stereocenters. The summed E-state index contributed by atoms with van der Waals surface area (Å²) in [7, 11) is 1.67. The van der Waals surface area contributed by atoms with E-state index < -0.39 is 5.97 Å². The number of aromatic carboxylic acids is 1. The van der Waals surface area contributed by atoms with Crippen LogP contribution in [0.4, 0.5) is 0 Å². The van der Waals surface area contributed by atoms with E-state index in [4.69, 9.17) is 5.11 Å². The molecule has 7 heteroatoms. The molecule has 0 aliphatic carbocycles. The second kappa shape index (κ2) is 6.83. The molecule has 0 radical (unpaired) electrons. The summed E-state index contributed by atoms with van der Waals surface area (Å²) in [5.41, 5.74) is 1.18. The molecule has 2 heterocycles. The number of halogens is 2. The number of aromatic nitrogens is 2. The molecule has 2 rings (SSSR count). The lowest BCUT2D eigenvalue weighted by Crippen LogP contribution is -2.26. The van der Waals surface area contributed by atoms with Crippen molar-refractivity contribution in [1.29, 1.82) is 0 Å². The summed E-state index contributed by atoms with van der Waals surface area (Å²) in [5, 5.41) is 16.4. The molecule has 5 nitrogen and oxygen atoms in total. The Kier molecular flexibility index (Phi) is 6.52. The van der Waals surface area contributed by atoms with Crippen LogP contribution in [0.2, 0.25) is 0 Å². The largest absolute Gasteiger partial charge is 0.477 e. The van der Waals surface area contributed by atoms with E-state index in [2.05, 4.69) is 10.4 Å². The van der Waals surface area contributed by atoms with Gasteiger partial charge in [0.25, 0.3) is 0 Å². The molecule has 0 unspecified atom stereocenters. The fraction of sp³-hybridized carbons (Fsp3) is 0.600. The second-order valence-electron chi connectivity index (χ2n) is 3.91. The zero-order chi connectivity index (χ0) is 10.8. The van der Waals surface area contributed by atoms with Gasteiger partial charge in [-0.3, -0.25) is 4.68 Å². The third kappa shape index (κ3) is 3.59. The number of hydrogen-bond acceptors (Lipinski definition) is 3. The van der Waals surface area contributed by atoms with E-state index in [1.165, 1.54) is 4.68 Å². The third-order valence-corrected chi connectivity index (χ3v) is 2.88. The van der Waals surface area contributed by atoms with E-state index in [1.807, 2.05) is 0 Å². The number of hydrogen-bond donors (Lipinski definition) is 2. The lowest BCUT2D eigenvalue weighted by Gasteiger charge is -2.20. The number of nitrogens with one attached hydrogen (secondary N) is 1. The van der Waals surface area contributed by atoms with Crippen LogP contribution in [-0.4, -0.2) is 33.9 Å². The number of carboxylic acid groups (broad SMARTS) is 1. The van der Waals surface area contributed by atoms with E-state index in [9.17, 15) is 4.79 Å². The highest BCUT2D eigenvalue weighted by atomic mass is 35.5. The van der Waals surface area contributed by atoms with E-state index in [-0.39, 0.29) is 30.5 Å². The number of nitrogens with zero attached hydrogens (tertiary/aromatic N) is 2. The molecule has 1 saturated heterocycles. The number of aryl methyl sites for hydroxylation is 1. The van der Waals surface area contributed by atoms with E-state index in [1.54, 1.807) is 13.1 Å². The predicted octanol–water partition coefficient (Wildman–Crippen LogP) is 1.43. The highest BCUT2D eigenvalue weighted by molar-refractivity contribution is 5.86. The quantitative estimate of drug-likeness (QED) is 0.861. The van der Waals surface area contributed by atoms with Crippen LogP contribution < -0.4 is 5.32 Å². The van der Waals surface area contributed by atoms with Crippen molar-refractivity contribution in [2.75, 3.05) is 13.1 Å². The van der Waals surface area contributed by atoms with Crippen molar-refractivity contribution < 1.29 is 9.90 Å². The molecule has 17 heavy (non-hydrogen) atoms. The summed E-state index contributed by atoms with van der Waals surface area (Å²) in [5.74, 6) is -0.504. The maximum atomic E-state index is 10.8. The molecule has 0 bridgehead atoms. The van der Waals surface area contributed by atoms with Gasteiger partial charge >= 0.3 is 5.97 Å². The standard InChI is InChI=1S/C10H15N3O2.2ClH/c1-13-9(10(14)15)6-8(12-13)7-2-4-11-5-3-7;;/h6-7,11H,2-5H2,1H3,(H,14,15);2*1H. The van der Waals surface area contributed by atoms with Crippen molar-refractivity contribution in [3.8, 4) is 0 Å². The molecule has 0 spiro atoms. The van der Waals surface area contributed by atoms with Gasteiger partial charge in [0.2, 0.25) is 0 Å². The Bertz CT molecular complexity index is 376. The predicted molar refractivity (Wildman–Crippen MR) is 69.5 cm³/mol. The summed E-state index contributed by atoms with van der Waals surface area (Å²) >= 11 is 0. The Hall–Kier alpha value is -0.780. The van der Waals surface area contributed by atoms with Crippen molar-refractivity contribution in [1.82, 2.24) is 15.1 Å². The summed E-state index contributed by atoms with van der Waals surface area (Å²) in [6.07, 6.45) is 2.08. The summed E-state index contributed by atoms with van der Waals surface area (Å²) in [6.45, 7) is 1.98. The van der Waals surface area contributed by atoms with Gasteiger partial charge in [0.1, 0.15) is 5.69 Å². The van der Waals surface area contributed by atoms with Crippen LogP contribution in [0.3, 0.4) is 0 Å². The van der Waals surface area contributed by atoms with Crippen molar-refractivity contribution in [2.24, 2.45) is 7.05 Å². The van der Waals surface area contributed by atoms with Gasteiger partial charge in [-0.25, -0.2) is 4.79 Å². The fourth-order valence-corrected chi connectivity index (χ4v) is 2.01. The molecular weight excluding hydrogens is 265 g/mol. The highest BCUT2D eigenvalue weighted by Gasteiger charge is 2.20. The minimum absolute atomic E-state index is 0. The van der Waals surface area contributed by atoms with Crippen LogP contribution in [0.1, 0.15) is 34.9 Å². The van der Waals surface area contributed by atoms with Crippen molar-refractivity contribution >= 4 is 30.8 Å². The van der Waals surface area contributed by atoms with E-state index >= 15 is 0 Å². The first-order valence-corrected chi connectivity index (χ1v) is 5.16. The average Bonchev–Trinajstić information content (AvgIpc) is 2.62. The molecule has 0 saturated carbocycles. The molecule has 1 aliphatic heterocycles. The third-order valence-electron chi connectivity index (χ3n) is 2.88. The molecule has 98 valence electrons. The molecule has 1 aliphatic rings. The topological polar surface area (TPSA) is 67.2 Å². The van der Waals surface area contributed by atoms with Gasteiger partial charge < -0.3 is 10.4 Å². The number of rotatable bonds is 2. The SMILES string of the molecule is Cl.Cl.Cn1nc(C2CCNCC2)cc1C(=O)O. The van der Waals surface area contributed by atoms with E-state index in [0.717, 1.165) is 31.6 Å². The molecule has 1 fully saturated rings. The zero-order valence-corrected chi connectivity index (χ0v) is 11.2. The summed E-state index contributed by atoms with van der Waals surface area (Å²) in [6, 6.07) is 1.69. The first kappa shape index (κ1) is 16.2. The molecule has 0 aromatic carbocycles. The zero-order valence-electron chi connectivity index (χ0n) is 9.55. The molecule has 2 N–H and O–H groups in total. The van der Waals surface area contributed by atoms with Crippen molar-refractivity contribution in [3.05, 3.63) is 17.5 Å². The van der Waals surface area contributed by atoms with Gasteiger partial charge in [0, 0.05) is 13.0 Å². The van der Waals surface area contributed by atoms with E-state index in [0.29, 0.717) is 5.92 Å². The van der Waals surface area contributed by atoms with Crippen molar-refractivity contribution in [3.63, 3.8) is 0 Å². The Morgan fingerprint density at radius 3 is 2.53 bits per heavy atom.